The molecule has 2 atom stereocenters. The van der Waals surface area contributed by atoms with Gasteiger partial charge in [-0.15, -0.1) is 0 Å². The number of hydrogen-bond acceptors (Lipinski definition) is 3. The molecule has 4 nitrogen and oxygen atoms in total. The van der Waals surface area contributed by atoms with E-state index in [0.29, 0.717) is 12.8 Å². The highest BCUT2D eigenvalue weighted by atomic mass is 16.6. The number of aliphatic carboxylic acids is 1. The van der Waals surface area contributed by atoms with Crippen molar-refractivity contribution in [2.45, 2.75) is 52.1 Å². The number of carboxylic acids is 1. The van der Waals surface area contributed by atoms with Crippen LogP contribution in [0.25, 0.3) is 0 Å². The quantitative estimate of drug-likeness (QED) is 0.736. The molecule has 0 aromatic heterocycles. The van der Waals surface area contributed by atoms with Gasteiger partial charge in [0, 0.05) is 0 Å². The number of carboxylic acid groups (broad SMARTS) is 1. The molecular formula is C12H20O4. The maximum absolute atomic E-state index is 11.8. The average molecular weight is 228 g/mol. The summed E-state index contributed by atoms with van der Waals surface area (Å²) < 4.78 is 5.26. The Hall–Kier alpha value is -1.06. The van der Waals surface area contributed by atoms with Crippen molar-refractivity contribution in [2.24, 2.45) is 11.8 Å². The Bertz CT molecular complexity index is 277. The second-order valence-corrected chi connectivity index (χ2v) is 5.37. The highest BCUT2D eigenvalue weighted by Gasteiger charge is 2.38. The van der Waals surface area contributed by atoms with Gasteiger partial charge in [0.1, 0.15) is 5.60 Å². The maximum Gasteiger partial charge on any atom is 0.310 e. The van der Waals surface area contributed by atoms with E-state index >= 15 is 0 Å². The summed E-state index contributed by atoms with van der Waals surface area (Å²) in [5, 5.41) is 9.05. The zero-order valence-corrected chi connectivity index (χ0v) is 10.2. The van der Waals surface area contributed by atoms with Crippen LogP contribution in [0.3, 0.4) is 0 Å². The van der Waals surface area contributed by atoms with E-state index in [4.69, 9.17) is 9.84 Å². The first-order valence-electron chi connectivity index (χ1n) is 5.77. The van der Waals surface area contributed by atoms with Crippen molar-refractivity contribution in [1.29, 1.82) is 0 Å². The third kappa shape index (κ3) is 3.51. The standard InChI is InChI=1S/C12H20O4/c1-12(2,3)16-11(15)9-7-5-4-6-8(9)10(13)14/h8-9H,4-7H2,1-3H3,(H,13,14)/t8-,9?/m0/s1. The molecular weight excluding hydrogens is 208 g/mol. The summed E-state index contributed by atoms with van der Waals surface area (Å²) in [6.07, 6.45) is 3.01. The van der Waals surface area contributed by atoms with Crippen LogP contribution < -0.4 is 0 Å². The fourth-order valence-electron chi connectivity index (χ4n) is 2.09. The van der Waals surface area contributed by atoms with Gasteiger partial charge in [0.2, 0.25) is 0 Å². The Morgan fingerprint density at radius 3 is 2.06 bits per heavy atom. The minimum absolute atomic E-state index is 0.361. The van der Waals surface area contributed by atoms with E-state index in [-0.39, 0.29) is 5.97 Å². The predicted octanol–water partition coefficient (Wildman–Crippen LogP) is 2.22. The third-order valence-electron chi connectivity index (χ3n) is 2.79. The minimum atomic E-state index is -0.879. The molecule has 1 rings (SSSR count). The Labute approximate surface area is 96.0 Å². The molecule has 0 saturated heterocycles. The number of ether oxygens (including phenoxy) is 1. The topological polar surface area (TPSA) is 63.6 Å². The molecule has 0 amide bonds. The van der Waals surface area contributed by atoms with Gasteiger partial charge in [0.15, 0.2) is 0 Å². The van der Waals surface area contributed by atoms with Gasteiger partial charge in [-0.25, -0.2) is 0 Å². The lowest BCUT2D eigenvalue weighted by Crippen LogP contribution is -2.37. The Morgan fingerprint density at radius 1 is 1.12 bits per heavy atom. The van der Waals surface area contributed by atoms with Gasteiger partial charge in [-0.3, -0.25) is 9.59 Å². The van der Waals surface area contributed by atoms with Crippen molar-refractivity contribution in [3.05, 3.63) is 0 Å². The highest BCUT2D eigenvalue weighted by molar-refractivity contribution is 5.81. The van der Waals surface area contributed by atoms with Gasteiger partial charge in [-0.2, -0.15) is 0 Å². The smallest absolute Gasteiger partial charge is 0.310 e. The van der Waals surface area contributed by atoms with E-state index in [2.05, 4.69) is 0 Å². The van der Waals surface area contributed by atoms with Crippen molar-refractivity contribution in [2.75, 3.05) is 0 Å². The molecule has 92 valence electrons. The van der Waals surface area contributed by atoms with Crippen LogP contribution in [0.2, 0.25) is 0 Å². The van der Waals surface area contributed by atoms with Crippen molar-refractivity contribution >= 4 is 11.9 Å². The third-order valence-corrected chi connectivity index (χ3v) is 2.79. The zero-order valence-electron chi connectivity index (χ0n) is 10.2. The fraction of sp³-hybridized carbons (Fsp3) is 0.833. The van der Waals surface area contributed by atoms with Crippen LogP contribution >= 0.6 is 0 Å². The monoisotopic (exact) mass is 228 g/mol. The predicted molar refractivity (Wildman–Crippen MR) is 58.9 cm³/mol. The highest BCUT2D eigenvalue weighted by Crippen LogP contribution is 2.32. The Morgan fingerprint density at radius 2 is 1.62 bits per heavy atom. The molecule has 0 spiro atoms. The van der Waals surface area contributed by atoms with Crippen molar-refractivity contribution in [3.63, 3.8) is 0 Å². The first-order valence-corrected chi connectivity index (χ1v) is 5.77. The van der Waals surface area contributed by atoms with Crippen molar-refractivity contribution < 1.29 is 19.4 Å². The molecule has 16 heavy (non-hydrogen) atoms. The lowest BCUT2D eigenvalue weighted by atomic mass is 9.79. The van der Waals surface area contributed by atoms with Crippen LogP contribution in [0, 0.1) is 11.8 Å². The number of carbonyl (C=O) groups is 2. The summed E-state index contributed by atoms with van der Waals surface area (Å²) >= 11 is 0. The fourth-order valence-corrected chi connectivity index (χ4v) is 2.09. The Kier molecular flexibility index (Phi) is 3.94. The van der Waals surface area contributed by atoms with E-state index in [1.807, 2.05) is 0 Å². The zero-order chi connectivity index (χ0) is 12.3. The molecule has 0 radical (unpaired) electrons. The summed E-state index contributed by atoms with van der Waals surface area (Å²) in [7, 11) is 0. The first-order chi connectivity index (χ1) is 7.31. The molecule has 0 aromatic carbocycles. The van der Waals surface area contributed by atoms with Crippen molar-refractivity contribution in [3.8, 4) is 0 Å². The molecule has 4 heteroatoms. The van der Waals surface area contributed by atoms with E-state index in [1.165, 1.54) is 0 Å². The largest absolute Gasteiger partial charge is 0.481 e. The van der Waals surface area contributed by atoms with Crippen LogP contribution in [0.5, 0.6) is 0 Å². The molecule has 0 bridgehead atoms. The van der Waals surface area contributed by atoms with Crippen LogP contribution in [0.4, 0.5) is 0 Å². The van der Waals surface area contributed by atoms with Gasteiger partial charge in [-0.05, 0) is 33.6 Å². The lowest BCUT2D eigenvalue weighted by Gasteiger charge is -2.30. The maximum atomic E-state index is 11.8. The van der Waals surface area contributed by atoms with Gasteiger partial charge in [-0.1, -0.05) is 12.8 Å². The van der Waals surface area contributed by atoms with E-state index < -0.39 is 23.4 Å². The minimum Gasteiger partial charge on any atom is -0.481 e. The molecule has 1 aliphatic carbocycles. The summed E-state index contributed by atoms with van der Waals surface area (Å²) in [6, 6.07) is 0. The van der Waals surface area contributed by atoms with Gasteiger partial charge < -0.3 is 9.84 Å². The summed E-state index contributed by atoms with van der Waals surface area (Å²) in [5.41, 5.74) is -0.544. The second kappa shape index (κ2) is 4.85. The average Bonchev–Trinajstić information content (AvgIpc) is 2.15. The molecule has 1 saturated carbocycles. The molecule has 1 N–H and O–H groups in total. The number of esters is 1. The van der Waals surface area contributed by atoms with E-state index in [1.54, 1.807) is 20.8 Å². The van der Waals surface area contributed by atoms with Gasteiger partial charge in [0.25, 0.3) is 0 Å². The summed E-state index contributed by atoms with van der Waals surface area (Å²) in [5.74, 6) is -2.27. The Balaban J connectivity index is 2.68. The van der Waals surface area contributed by atoms with Crippen LogP contribution in [-0.4, -0.2) is 22.6 Å². The first kappa shape index (κ1) is 13.0. The lowest BCUT2D eigenvalue weighted by molar-refractivity contribution is -0.168. The SMILES string of the molecule is CC(C)(C)OC(=O)C1CCCC[C@@H]1C(=O)O. The van der Waals surface area contributed by atoms with Crippen LogP contribution in [-0.2, 0) is 14.3 Å². The number of carbonyl (C=O) groups excluding carboxylic acids is 1. The molecule has 1 unspecified atom stereocenters. The van der Waals surface area contributed by atoms with E-state index in [0.717, 1.165) is 12.8 Å². The number of hydrogen-bond donors (Lipinski definition) is 1. The molecule has 0 aliphatic heterocycles. The molecule has 1 aliphatic rings. The van der Waals surface area contributed by atoms with Crippen LogP contribution in [0.1, 0.15) is 46.5 Å². The number of rotatable bonds is 2. The van der Waals surface area contributed by atoms with E-state index in [9.17, 15) is 9.59 Å². The molecule has 1 fully saturated rings. The van der Waals surface area contributed by atoms with Gasteiger partial charge >= 0.3 is 11.9 Å². The molecule has 0 heterocycles. The summed E-state index contributed by atoms with van der Waals surface area (Å²) in [6.45, 7) is 5.39. The van der Waals surface area contributed by atoms with Crippen LogP contribution in [0.15, 0.2) is 0 Å². The van der Waals surface area contributed by atoms with Crippen molar-refractivity contribution in [1.82, 2.24) is 0 Å². The second-order valence-electron chi connectivity index (χ2n) is 5.37. The van der Waals surface area contributed by atoms with Gasteiger partial charge in [0.05, 0.1) is 11.8 Å². The normalized spacial score (nSPS) is 26.2. The summed E-state index contributed by atoms with van der Waals surface area (Å²) in [4.78, 5) is 22.9. The molecule has 0 aromatic rings.